The van der Waals surface area contributed by atoms with E-state index in [-0.39, 0.29) is 5.91 Å². The summed E-state index contributed by atoms with van der Waals surface area (Å²) in [5.74, 6) is 1.11. The summed E-state index contributed by atoms with van der Waals surface area (Å²) in [6, 6.07) is 9.38. The number of hydrogen-bond donors (Lipinski definition) is 0. The minimum Gasteiger partial charge on any atom is -0.493 e. The Kier molecular flexibility index (Phi) is 5.74. The maximum Gasteiger partial charge on any atom is 0.246 e. The van der Waals surface area contributed by atoms with E-state index in [1.165, 1.54) is 6.08 Å². The van der Waals surface area contributed by atoms with Crippen LogP contribution in [0.2, 0.25) is 0 Å². The molecule has 1 heterocycles. The number of benzene rings is 1. The fourth-order valence-electron chi connectivity index (χ4n) is 2.34. The Hall–Kier alpha value is -2.82. The minimum absolute atomic E-state index is 0.154. The third-order valence-corrected chi connectivity index (χ3v) is 3.43. The Morgan fingerprint density at radius 3 is 2.65 bits per heavy atom. The predicted octanol–water partition coefficient (Wildman–Crippen LogP) is 2.81. The maximum atomic E-state index is 12.2. The number of rotatable bonds is 7. The monoisotopic (exact) mass is 312 g/mol. The highest BCUT2D eigenvalue weighted by molar-refractivity contribution is 5.87. The van der Waals surface area contributed by atoms with Gasteiger partial charge in [-0.15, -0.1) is 0 Å². The molecule has 0 N–H and O–H groups in total. The Morgan fingerprint density at radius 1 is 1.22 bits per heavy atom. The SMILES string of the molecule is C=CC(=O)N(Cc1cccnc1)Cc1cccc(OC)c1OC. The number of aromatic nitrogens is 1. The van der Waals surface area contributed by atoms with Crippen molar-refractivity contribution in [3.8, 4) is 11.5 Å². The molecule has 1 aromatic heterocycles. The first-order valence-electron chi connectivity index (χ1n) is 7.19. The molecule has 0 fully saturated rings. The number of methoxy groups -OCH3 is 2. The molecule has 5 heteroatoms. The van der Waals surface area contributed by atoms with Crippen LogP contribution >= 0.6 is 0 Å². The Labute approximate surface area is 136 Å². The van der Waals surface area contributed by atoms with Gasteiger partial charge in [0.05, 0.1) is 20.8 Å². The number of carbonyl (C=O) groups is 1. The van der Waals surface area contributed by atoms with Gasteiger partial charge in [-0.2, -0.15) is 0 Å². The van der Waals surface area contributed by atoms with E-state index in [1.54, 1.807) is 31.5 Å². The number of amides is 1. The van der Waals surface area contributed by atoms with Crippen LogP contribution in [0.3, 0.4) is 0 Å². The predicted molar refractivity (Wildman–Crippen MR) is 88.2 cm³/mol. The van der Waals surface area contributed by atoms with Crippen LogP contribution in [0.25, 0.3) is 0 Å². The van der Waals surface area contributed by atoms with Gasteiger partial charge >= 0.3 is 0 Å². The van der Waals surface area contributed by atoms with Gasteiger partial charge in [-0.05, 0) is 23.8 Å². The molecule has 0 spiro atoms. The summed E-state index contributed by atoms with van der Waals surface area (Å²) in [4.78, 5) is 18.0. The van der Waals surface area contributed by atoms with Gasteiger partial charge in [0, 0.05) is 24.5 Å². The highest BCUT2D eigenvalue weighted by Crippen LogP contribution is 2.31. The highest BCUT2D eigenvalue weighted by Gasteiger charge is 2.16. The van der Waals surface area contributed by atoms with Crippen molar-refractivity contribution in [2.75, 3.05) is 14.2 Å². The molecule has 0 atom stereocenters. The summed E-state index contributed by atoms with van der Waals surface area (Å²) in [5.41, 5.74) is 1.82. The molecule has 1 amide bonds. The van der Waals surface area contributed by atoms with Crippen LogP contribution in [-0.4, -0.2) is 30.0 Å². The van der Waals surface area contributed by atoms with Crippen molar-refractivity contribution in [3.05, 3.63) is 66.5 Å². The van der Waals surface area contributed by atoms with Crippen molar-refractivity contribution in [1.82, 2.24) is 9.88 Å². The number of carbonyl (C=O) groups excluding carboxylic acids is 1. The van der Waals surface area contributed by atoms with Gasteiger partial charge in [0.1, 0.15) is 0 Å². The van der Waals surface area contributed by atoms with E-state index in [0.29, 0.717) is 24.6 Å². The number of ether oxygens (including phenoxy) is 2. The first kappa shape index (κ1) is 16.5. The van der Waals surface area contributed by atoms with Crippen molar-refractivity contribution in [2.45, 2.75) is 13.1 Å². The average Bonchev–Trinajstić information content (AvgIpc) is 2.61. The van der Waals surface area contributed by atoms with E-state index in [9.17, 15) is 4.79 Å². The topological polar surface area (TPSA) is 51.7 Å². The molecule has 0 aliphatic carbocycles. The van der Waals surface area contributed by atoms with Crippen LogP contribution in [0.4, 0.5) is 0 Å². The first-order valence-corrected chi connectivity index (χ1v) is 7.19. The van der Waals surface area contributed by atoms with Crippen molar-refractivity contribution >= 4 is 5.91 Å². The van der Waals surface area contributed by atoms with E-state index in [0.717, 1.165) is 11.1 Å². The molecule has 0 unspecified atom stereocenters. The third kappa shape index (κ3) is 4.10. The van der Waals surface area contributed by atoms with Gasteiger partial charge in [0.15, 0.2) is 11.5 Å². The van der Waals surface area contributed by atoms with Crippen LogP contribution in [0.5, 0.6) is 11.5 Å². The van der Waals surface area contributed by atoms with Crippen molar-refractivity contribution in [1.29, 1.82) is 0 Å². The highest BCUT2D eigenvalue weighted by atomic mass is 16.5. The number of para-hydroxylation sites is 1. The Morgan fingerprint density at radius 2 is 2.04 bits per heavy atom. The van der Waals surface area contributed by atoms with Crippen molar-refractivity contribution in [3.63, 3.8) is 0 Å². The van der Waals surface area contributed by atoms with E-state index < -0.39 is 0 Å². The van der Waals surface area contributed by atoms with E-state index in [2.05, 4.69) is 11.6 Å². The second-order valence-electron chi connectivity index (χ2n) is 4.91. The molecule has 2 rings (SSSR count). The molecule has 2 aromatic rings. The molecular formula is C18H20N2O3. The summed E-state index contributed by atoms with van der Waals surface area (Å²) in [7, 11) is 3.17. The average molecular weight is 312 g/mol. The second-order valence-corrected chi connectivity index (χ2v) is 4.91. The molecule has 23 heavy (non-hydrogen) atoms. The molecular weight excluding hydrogens is 292 g/mol. The van der Waals surface area contributed by atoms with Gasteiger partial charge in [0.25, 0.3) is 0 Å². The van der Waals surface area contributed by atoms with Crippen LogP contribution in [0, 0.1) is 0 Å². The van der Waals surface area contributed by atoms with E-state index in [1.807, 2.05) is 30.3 Å². The lowest BCUT2D eigenvalue weighted by Crippen LogP contribution is -2.28. The van der Waals surface area contributed by atoms with Gasteiger partial charge in [-0.25, -0.2) is 0 Å². The summed E-state index contributed by atoms with van der Waals surface area (Å²) < 4.78 is 10.7. The fraction of sp³-hybridized carbons (Fsp3) is 0.222. The van der Waals surface area contributed by atoms with E-state index in [4.69, 9.17) is 9.47 Å². The lowest BCUT2D eigenvalue weighted by molar-refractivity contribution is -0.127. The molecule has 0 saturated carbocycles. The number of nitrogens with zero attached hydrogens (tertiary/aromatic N) is 2. The molecule has 0 bridgehead atoms. The number of hydrogen-bond acceptors (Lipinski definition) is 4. The molecule has 120 valence electrons. The molecule has 0 radical (unpaired) electrons. The number of pyridine rings is 1. The molecule has 5 nitrogen and oxygen atoms in total. The van der Waals surface area contributed by atoms with Gasteiger partial charge in [0.2, 0.25) is 5.91 Å². The standard InChI is InChI=1S/C18H20N2O3/c1-4-17(21)20(12-14-7-6-10-19-11-14)13-15-8-5-9-16(22-2)18(15)23-3/h4-11H,1,12-13H2,2-3H3. The lowest BCUT2D eigenvalue weighted by Gasteiger charge is -2.23. The summed E-state index contributed by atoms with van der Waals surface area (Å²) in [5, 5.41) is 0. The largest absolute Gasteiger partial charge is 0.493 e. The zero-order chi connectivity index (χ0) is 16.7. The molecule has 0 aliphatic heterocycles. The van der Waals surface area contributed by atoms with Crippen molar-refractivity contribution < 1.29 is 14.3 Å². The quantitative estimate of drug-likeness (QED) is 0.738. The molecule has 1 aromatic carbocycles. The molecule has 0 saturated heterocycles. The maximum absolute atomic E-state index is 12.2. The van der Waals surface area contributed by atoms with Gasteiger partial charge < -0.3 is 14.4 Å². The fourth-order valence-corrected chi connectivity index (χ4v) is 2.34. The summed E-state index contributed by atoms with van der Waals surface area (Å²) in [6.07, 6.45) is 4.75. The zero-order valence-electron chi connectivity index (χ0n) is 13.4. The Bertz CT molecular complexity index is 671. The summed E-state index contributed by atoms with van der Waals surface area (Å²) in [6.45, 7) is 4.41. The second kappa shape index (κ2) is 7.98. The van der Waals surface area contributed by atoms with Crippen LogP contribution in [0.15, 0.2) is 55.4 Å². The summed E-state index contributed by atoms with van der Waals surface area (Å²) >= 11 is 0. The van der Waals surface area contributed by atoms with Crippen molar-refractivity contribution in [2.24, 2.45) is 0 Å². The Balaban J connectivity index is 2.28. The van der Waals surface area contributed by atoms with Crippen LogP contribution in [-0.2, 0) is 17.9 Å². The smallest absolute Gasteiger partial charge is 0.246 e. The first-order chi connectivity index (χ1) is 11.2. The molecule has 0 aliphatic rings. The third-order valence-electron chi connectivity index (χ3n) is 3.43. The van der Waals surface area contributed by atoms with Gasteiger partial charge in [-0.3, -0.25) is 9.78 Å². The van der Waals surface area contributed by atoms with E-state index >= 15 is 0 Å². The normalized spacial score (nSPS) is 10.0. The van der Waals surface area contributed by atoms with Crippen LogP contribution in [0.1, 0.15) is 11.1 Å². The zero-order valence-corrected chi connectivity index (χ0v) is 13.4. The lowest BCUT2D eigenvalue weighted by atomic mass is 10.1. The van der Waals surface area contributed by atoms with Gasteiger partial charge in [-0.1, -0.05) is 24.8 Å². The van der Waals surface area contributed by atoms with Crippen LogP contribution < -0.4 is 9.47 Å². The minimum atomic E-state index is -0.154.